The van der Waals surface area contributed by atoms with E-state index in [4.69, 9.17) is 27.4 Å². The highest BCUT2D eigenvalue weighted by Crippen LogP contribution is 2.30. The van der Waals surface area contributed by atoms with E-state index in [1.54, 1.807) is 48.5 Å². The number of carbonyl (C=O) groups excluding carboxylic acids is 1. The maximum atomic E-state index is 12.5. The molecule has 0 saturated heterocycles. The van der Waals surface area contributed by atoms with E-state index in [2.05, 4.69) is 5.32 Å². The van der Waals surface area contributed by atoms with Gasteiger partial charge < -0.3 is 9.50 Å². The number of nitriles is 1. The van der Waals surface area contributed by atoms with Crippen LogP contribution in [0.4, 0.5) is 5.69 Å². The number of hydrogen-bond donors (Lipinski definition) is 1. The molecule has 3 aromatic carbocycles. The number of anilines is 1. The molecule has 1 amide bonds. The smallest absolute Gasteiger partial charge is 0.339 e. The molecular weight excluding hydrogens is 459 g/mol. The van der Waals surface area contributed by atoms with E-state index in [0.29, 0.717) is 5.56 Å². The molecule has 0 heterocycles. The molecule has 1 N–H and O–H groups in total. The van der Waals surface area contributed by atoms with E-state index >= 15 is 0 Å². The largest absolute Gasteiger partial charge is 0.379 e. The molecule has 0 aliphatic carbocycles. The Morgan fingerprint density at radius 2 is 1.71 bits per heavy atom. The lowest BCUT2D eigenvalue weighted by Crippen LogP contribution is -2.13. The van der Waals surface area contributed by atoms with Gasteiger partial charge in [-0.3, -0.25) is 4.79 Å². The average molecular weight is 473 g/mol. The molecule has 0 aliphatic rings. The fourth-order valence-electron chi connectivity index (χ4n) is 2.52. The molecule has 0 bridgehead atoms. The molecule has 0 saturated carbocycles. The number of nitrogens with one attached hydrogen (secondary N) is 1. The highest BCUT2D eigenvalue weighted by atomic mass is 35.5. The molecule has 0 aromatic heterocycles. The van der Waals surface area contributed by atoms with Gasteiger partial charge in [0.1, 0.15) is 22.3 Å². The highest BCUT2D eigenvalue weighted by Gasteiger charge is 2.17. The summed E-state index contributed by atoms with van der Waals surface area (Å²) in [5.74, 6) is -0.664. The Kier molecular flexibility index (Phi) is 6.98. The standard InChI is InChI=1S/C22H14Cl2N2O4S/c23-19-10-5-11-20(21(19)24)26-22(27)16(14-25)12-15-6-4-7-17(13-15)30-31(28,29)18-8-2-1-3-9-18/h1-13H,(H,26,27)/b16-12+. The molecule has 9 heteroatoms. The van der Waals surface area contributed by atoms with Crippen molar-refractivity contribution < 1.29 is 17.4 Å². The van der Waals surface area contributed by atoms with Gasteiger partial charge >= 0.3 is 10.1 Å². The third kappa shape index (κ3) is 5.64. The summed E-state index contributed by atoms with van der Waals surface area (Å²) in [6.07, 6.45) is 1.30. The van der Waals surface area contributed by atoms with Crippen LogP contribution < -0.4 is 9.50 Å². The van der Waals surface area contributed by atoms with E-state index in [1.807, 2.05) is 6.07 Å². The van der Waals surface area contributed by atoms with Gasteiger partial charge in [-0.05, 0) is 48.0 Å². The van der Waals surface area contributed by atoms with Gasteiger partial charge in [-0.2, -0.15) is 13.7 Å². The molecular formula is C22H14Cl2N2O4S. The Hall–Kier alpha value is -3.31. The van der Waals surface area contributed by atoms with Gasteiger partial charge in [-0.25, -0.2) is 0 Å². The van der Waals surface area contributed by atoms with Crippen LogP contribution in [0.5, 0.6) is 5.75 Å². The van der Waals surface area contributed by atoms with Crippen LogP contribution in [0.15, 0.2) is 83.3 Å². The molecule has 0 unspecified atom stereocenters. The molecule has 3 aromatic rings. The first-order valence-corrected chi connectivity index (χ1v) is 10.9. The molecule has 6 nitrogen and oxygen atoms in total. The molecule has 0 atom stereocenters. The zero-order valence-corrected chi connectivity index (χ0v) is 18.1. The number of benzene rings is 3. The van der Waals surface area contributed by atoms with Crippen LogP contribution in [-0.2, 0) is 14.9 Å². The molecule has 0 radical (unpaired) electrons. The van der Waals surface area contributed by atoms with Crippen LogP contribution in [0.25, 0.3) is 6.08 Å². The molecule has 31 heavy (non-hydrogen) atoms. The van der Waals surface area contributed by atoms with Crippen molar-refractivity contribution in [2.24, 2.45) is 0 Å². The van der Waals surface area contributed by atoms with E-state index in [1.165, 1.54) is 30.3 Å². The lowest BCUT2D eigenvalue weighted by Gasteiger charge is -2.08. The summed E-state index contributed by atoms with van der Waals surface area (Å²) in [6, 6.07) is 20.2. The SMILES string of the molecule is N#C/C(=C\c1cccc(OS(=O)(=O)c2ccccc2)c1)C(=O)Nc1cccc(Cl)c1Cl. The van der Waals surface area contributed by atoms with Crippen LogP contribution in [0, 0.1) is 11.3 Å². The first kappa shape index (κ1) is 22.4. The Balaban J connectivity index is 1.83. The van der Waals surface area contributed by atoms with Crippen molar-refractivity contribution in [3.63, 3.8) is 0 Å². The Morgan fingerprint density at radius 1 is 1.00 bits per heavy atom. The van der Waals surface area contributed by atoms with E-state index in [9.17, 15) is 18.5 Å². The van der Waals surface area contributed by atoms with Crippen molar-refractivity contribution in [2.45, 2.75) is 4.90 Å². The summed E-state index contributed by atoms with van der Waals surface area (Å²) in [7, 11) is -4.02. The quantitative estimate of drug-likeness (QED) is 0.298. The lowest BCUT2D eigenvalue weighted by molar-refractivity contribution is -0.112. The van der Waals surface area contributed by atoms with Crippen molar-refractivity contribution in [3.8, 4) is 11.8 Å². The van der Waals surface area contributed by atoms with Gasteiger partial charge in [0.2, 0.25) is 0 Å². The monoisotopic (exact) mass is 472 g/mol. The first-order chi connectivity index (χ1) is 14.8. The summed E-state index contributed by atoms with van der Waals surface area (Å²) >= 11 is 12.0. The summed E-state index contributed by atoms with van der Waals surface area (Å²) in [5, 5.41) is 12.3. The predicted molar refractivity (Wildman–Crippen MR) is 119 cm³/mol. The summed E-state index contributed by atoms with van der Waals surface area (Å²) in [4.78, 5) is 12.5. The van der Waals surface area contributed by atoms with Gasteiger partial charge in [0.15, 0.2) is 0 Å². The fourth-order valence-corrected chi connectivity index (χ4v) is 3.81. The maximum Gasteiger partial charge on any atom is 0.339 e. The maximum absolute atomic E-state index is 12.5. The third-order valence-corrected chi connectivity index (χ3v) is 6.05. The third-order valence-electron chi connectivity index (χ3n) is 3.97. The van der Waals surface area contributed by atoms with Gasteiger partial charge in [0.05, 0.1) is 15.7 Å². The molecule has 156 valence electrons. The number of nitrogens with zero attached hydrogens (tertiary/aromatic N) is 1. The van der Waals surface area contributed by atoms with Crippen molar-refractivity contribution in [1.29, 1.82) is 5.26 Å². The number of hydrogen-bond acceptors (Lipinski definition) is 5. The predicted octanol–water partition coefficient (Wildman–Crippen LogP) is 5.31. The Labute approximate surface area is 189 Å². The minimum absolute atomic E-state index is 0.00596. The van der Waals surface area contributed by atoms with Gasteiger partial charge in [0, 0.05) is 0 Å². The lowest BCUT2D eigenvalue weighted by atomic mass is 10.1. The average Bonchev–Trinajstić information content (AvgIpc) is 2.76. The van der Waals surface area contributed by atoms with Crippen molar-refractivity contribution in [2.75, 3.05) is 5.32 Å². The van der Waals surface area contributed by atoms with Gasteiger partial charge in [0.25, 0.3) is 5.91 Å². The first-order valence-electron chi connectivity index (χ1n) is 8.77. The van der Waals surface area contributed by atoms with Crippen LogP contribution in [0.3, 0.4) is 0 Å². The normalized spacial score (nSPS) is 11.5. The second kappa shape index (κ2) is 9.67. The second-order valence-corrected chi connectivity index (χ2v) is 8.48. The minimum atomic E-state index is -4.02. The number of rotatable bonds is 6. The minimum Gasteiger partial charge on any atom is -0.379 e. The van der Waals surface area contributed by atoms with E-state index < -0.39 is 16.0 Å². The number of halogens is 2. The Morgan fingerprint density at radius 3 is 2.42 bits per heavy atom. The molecule has 0 aliphatic heterocycles. The van der Waals surface area contributed by atoms with Crippen molar-refractivity contribution in [1.82, 2.24) is 0 Å². The summed E-state index contributed by atoms with van der Waals surface area (Å²) < 4.78 is 29.9. The van der Waals surface area contributed by atoms with Crippen LogP contribution >= 0.6 is 23.2 Å². The van der Waals surface area contributed by atoms with E-state index in [-0.39, 0.29) is 32.0 Å². The summed E-state index contributed by atoms with van der Waals surface area (Å²) in [6.45, 7) is 0. The highest BCUT2D eigenvalue weighted by molar-refractivity contribution is 7.87. The van der Waals surface area contributed by atoms with Crippen LogP contribution in [-0.4, -0.2) is 14.3 Å². The number of amides is 1. The van der Waals surface area contributed by atoms with E-state index in [0.717, 1.165) is 0 Å². The fraction of sp³-hybridized carbons (Fsp3) is 0. The topological polar surface area (TPSA) is 96.3 Å². The number of carbonyl (C=O) groups is 1. The van der Waals surface area contributed by atoms with Crippen LogP contribution in [0.2, 0.25) is 10.0 Å². The van der Waals surface area contributed by atoms with Gasteiger partial charge in [-0.1, -0.05) is 59.6 Å². The van der Waals surface area contributed by atoms with Gasteiger partial charge in [-0.15, -0.1) is 0 Å². The molecule has 3 rings (SSSR count). The second-order valence-electron chi connectivity index (χ2n) is 6.15. The Bertz CT molecular complexity index is 1300. The molecule has 0 spiro atoms. The summed E-state index contributed by atoms with van der Waals surface area (Å²) in [5.41, 5.74) is 0.426. The zero-order chi connectivity index (χ0) is 22.4. The van der Waals surface area contributed by atoms with Crippen molar-refractivity contribution >= 4 is 51.0 Å². The zero-order valence-electron chi connectivity index (χ0n) is 15.7. The molecule has 0 fully saturated rings. The van der Waals surface area contributed by atoms with Crippen LogP contribution in [0.1, 0.15) is 5.56 Å². The van der Waals surface area contributed by atoms with Crippen molar-refractivity contribution in [3.05, 3.63) is 94.0 Å².